The summed E-state index contributed by atoms with van der Waals surface area (Å²) in [5.41, 5.74) is 9.12. The summed E-state index contributed by atoms with van der Waals surface area (Å²) in [5, 5.41) is 3.09. The van der Waals surface area contributed by atoms with Gasteiger partial charge in [0.05, 0.1) is 5.70 Å². The molecule has 0 aromatic heterocycles. The van der Waals surface area contributed by atoms with Gasteiger partial charge >= 0.3 is 0 Å². The summed E-state index contributed by atoms with van der Waals surface area (Å²) in [5.74, 6) is 0.929. The van der Waals surface area contributed by atoms with Crippen molar-refractivity contribution in [3.63, 3.8) is 0 Å². The standard InChI is InChI=1S/C12H19N3/c1-9-5-7-10(8-6-9)11(13)12(14-2)15(3)4/h5-8,14H,13H2,1-4H3/b12-11+. The summed E-state index contributed by atoms with van der Waals surface area (Å²) >= 11 is 0. The van der Waals surface area contributed by atoms with Crippen LogP contribution in [-0.4, -0.2) is 26.0 Å². The third-order valence-electron chi connectivity index (χ3n) is 2.30. The van der Waals surface area contributed by atoms with E-state index in [1.807, 2.05) is 38.2 Å². The van der Waals surface area contributed by atoms with Gasteiger partial charge in [0.25, 0.3) is 0 Å². The Balaban J connectivity index is 3.10. The fourth-order valence-electron chi connectivity index (χ4n) is 1.47. The molecule has 15 heavy (non-hydrogen) atoms. The zero-order valence-corrected chi connectivity index (χ0v) is 9.83. The van der Waals surface area contributed by atoms with Crippen molar-refractivity contribution in [2.24, 2.45) is 5.73 Å². The van der Waals surface area contributed by atoms with Gasteiger partial charge in [0, 0.05) is 26.7 Å². The minimum absolute atomic E-state index is 0.766. The second-order valence-corrected chi connectivity index (χ2v) is 3.77. The van der Waals surface area contributed by atoms with E-state index in [4.69, 9.17) is 5.73 Å². The normalized spacial score (nSPS) is 12.0. The lowest BCUT2D eigenvalue weighted by molar-refractivity contribution is 0.477. The molecule has 0 amide bonds. The number of nitrogens with one attached hydrogen (secondary N) is 1. The van der Waals surface area contributed by atoms with E-state index in [0.29, 0.717) is 0 Å². The lowest BCUT2D eigenvalue weighted by Gasteiger charge is -2.19. The number of hydrogen-bond acceptors (Lipinski definition) is 3. The molecule has 3 nitrogen and oxygen atoms in total. The number of hydrogen-bond donors (Lipinski definition) is 2. The molecular weight excluding hydrogens is 186 g/mol. The molecule has 82 valence electrons. The van der Waals surface area contributed by atoms with Crippen LogP contribution in [0.4, 0.5) is 0 Å². The van der Waals surface area contributed by atoms with Crippen LogP contribution in [0.3, 0.4) is 0 Å². The number of rotatable bonds is 3. The topological polar surface area (TPSA) is 41.3 Å². The summed E-state index contributed by atoms with van der Waals surface area (Å²) in [6.07, 6.45) is 0. The SMILES string of the molecule is CN/C(=C(\N)c1ccc(C)cc1)N(C)C. The van der Waals surface area contributed by atoms with Gasteiger partial charge in [0.15, 0.2) is 0 Å². The van der Waals surface area contributed by atoms with Crippen LogP contribution >= 0.6 is 0 Å². The van der Waals surface area contributed by atoms with Crippen LogP contribution in [0.15, 0.2) is 30.1 Å². The van der Waals surface area contributed by atoms with E-state index >= 15 is 0 Å². The maximum absolute atomic E-state index is 6.08. The average molecular weight is 205 g/mol. The summed E-state index contributed by atoms with van der Waals surface area (Å²) < 4.78 is 0. The first kappa shape index (κ1) is 11.4. The van der Waals surface area contributed by atoms with Crippen molar-refractivity contribution in [2.45, 2.75) is 6.92 Å². The Morgan fingerprint density at radius 2 is 1.73 bits per heavy atom. The smallest absolute Gasteiger partial charge is 0.125 e. The summed E-state index contributed by atoms with van der Waals surface area (Å²) in [7, 11) is 5.80. The Morgan fingerprint density at radius 1 is 1.20 bits per heavy atom. The maximum atomic E-state index is 6.08. The molecule has 3 heteroatoms. The predicted octanol–water partition coefficient (Wildman–Crippen LogP) is 1.36. The van der Waals surface area contributed by atoms with Gasteiger partial charge in [-0.2, -0.15) is 0 Å². The van der Waals surface area contributed by atoms with E-state index in [2.05, 4.69) is 24.4 Å². The molecule has 0 aliphatic carbocycles. The van der Waals surface area contributed by atoms with Gasteiger partial charge in [-0.1, -0.05) is 29.8 Å². The third kappa shape index (κ3) is 2.65. The highest BCUT2D eigenvalue weighted by atomic mass is 15.2. The van der Waals surface area contributed by atoms with Crippen LogP contribution in [0.2, 0.25) is 0 Å². The Bertz CT molecular complexity index is 350. The van der Waals surface area contributed by atoms with E-state index in [0.717, 1.165) is 17.1 Å². The first-order valence-corrected chi connectivity index (χ1v) is 4.98. The van der Waals surface area contributed by atoms with Gasteiger partial charge < -0.3 is 16.0 Å². The Kier molecular flexibility index (Phi) is 3.61. The lowest BCUT2D eigenvalue weighted by atomic mass is 10.1. The molecule has 0 saturated carbocycles. The molecule has 0 unspecified atom stereocenters. The fraction of sp³-hybridized carbons (Fsp3) is 0.333. The van der Waals surface area contributed by atoms with Gasteiger partial charge in [-0.15, -0.1) is 0 Å². The summed E-state index contributed by atoms with van der Waals surface area (Å²) in [6.45, 7) is 2.06. The fourth-order valence-corrected chi connectivity index (χ4v) is 1.47. The van der Waals surface area contributed by atoms with Crippen molar-refractivity contribution in [3.8, 4) is 0 Å². The van der Waals surface area contributed by atoms with E-state index in [-0.39, 0.29) is 0 Å². The molecule has 1 aromatic rings. The molecule has 0 saturated heterocycles. The average Bonchev–Trinajstić information content (AvgIpc) is 2.19. The van der Waals surface area contributed by atoms with Gasteiger partial charge in [0.2, 0.25) is 0 Å². The first-order chi connectivity index (χ1) is 7.06. The van der Waals surface area contributed by atoms with E-state index in [1.165, 1.54) is 5.56 Å². The van der Waals surface area contributed by atoms with Crippen molar-refractivity contribution >= 4 is 5.70 Å². The number of nitrogens with zero attached hydrogens (tertiary/aromatic N) is 1. The third-order valence-corrected chi connectivity index (χ3v) is 2.30. The van der Waals surface area contributed by atoms with Crippen LogP contribution in [0, 0.1) is 6.92 Å². The largest absolute Gasteiger partial charge is 0.395 e. The molecule has 0 aliphatic rings. The van der Waals surface area contributed by atoms with Crippen molar-refractivity contribution in [2.75, 3.05) is 21.1 Å². The zero-order valence-electron chi connectivity index (χ0n) is 9.83. The number of aryl methyl sites for hydroxylation is 1. The number of benzene rings is 1. The van der Waals surface area contributed by atoms with Gasteiger partial charge in [-0.05, 0) is 6.92 Å². The monoisotopic (exact) mass is 205 g/mol. The highest BCUT2D eigenvalue weighted by molar-refractivity contribution is 5.65. The second kappa shape index (κ2) is 4.73. The summed E-state index contributed by atoms with van der Waals surface area (Å²) in [4.78, 5) is 1.97. The van der Waals surface area contributed by atoms with Crippen LogP contribution in [0.25, 0.3) is 5.70 Å². The van der Waals surface area contributed by atoms with E-state index in [1.54, 1.807) is 0 Å². The van der Waals surface area contributed by atoms with Gasteiger partial charge in [-0.3, -0.25) is 0 Å². The molecule has 0 spiro atoms. The molecule has 0 bridgehead atoms. The zero-order chi connectivity index (χ0) is 11.4. The number of nitrogens with two attached hydrogens (primary N) is 1. The molecule has 3 N–H and O–H groups in total. The van der Waals surface area contributed by atoms with Crippen molar-refractivity contribution in [1.82, 2.24) is 10.2 Å². The maximum Gasteiger partial charge on any atom is 0.125 e. The van der Waals surface area contributed by atoms with Gasteiger partial charge in [0.1, 0.15) is 5.82 Å². The predicted molar refractivity (Wildman–Crippen MR) is 65.0 cm³/mol. The van der Waals surface area contributed by atoms with Crippen molar-refractivity contribution in [3.05, 3.63) is 41.2 Å². The second-order valence-electron chi connectivity index (χ2n) is 3.77. The molecule has 0 aliphatic heterocycles. The Morgan fingerprint density at radius 3 is 2.13 bits per heavy atom. The van der Waals surface area contributed by atoms with Crippen LogP contribution < -0.4 is 11.1 Å². The molecule has 0 fully saturated rings. The molecule has 1 rings (SSSR count). The van der Waals surface area contributed by atoms with Gasteiger partial charge in [-0.25, -0.2) is 0 Å². The molecule has 1 aromatic carbocycles. The van der Waals surface area contributed by atoms with Crippen LogP contribution in [-0.2, 0) is 0 Å². The van der Waals surface area contributed by atoms with Crippen molar-refractivity contribution < 1.29 is 0 Å². The van der Waals surface area contributed by atoms with E-state index in [9.17, 15) is 0 Å². The molecule has 0 atom stereocenters. The minimum atomic E-state index is 0.766. The highest BCUT2D eigenvalue weighted by Crippen LogP contribution is 2.13. The Labute approximate surface area is 91.6 Å². The van der Waals surface area contributed by atoms with Crippen LogP contribution in [0.1, 0.15) is 11.1 Å². The molecule has 0 heterocycles. The molecule has 0 radical (unpaired) electrons. The Hall–Kier alpha value is -1.64. The molecular formula is C12H19N3. The highest BCUT2D eigenvalue weighted by Gasteiger charge is 2.05. The first-order valence-electron chi connectivity index (χ1n) is 4.98. The van der Waals surface area contributed by atoms with Crippen molar-refractivity contribution in [1.29, 1.82) is 0 Å². The van der Waals surface area contributed by atoms with E-state index < -0.39 is 0 Å². The van der Waals surface area contributed by atoms with Crippen LogP contribution in [0.5, 0.6) is 0 Å². The minimum Gasteiger partial charge on any atom is -0.395 e. The summed E-state index contributed by atoms with van der Waals surface area (Å²) in [6, 6.07) is 8.19. The quantitative estimate of drug-likeness (QED) is 0.783. The lowest BCUT2D eigenvalue weighted by Crippen LogP contribution is -2.26.